The number of hydrogen-bond acceptors (Lipinski definition) is 5. The van der Waals surface area contributed by atoms with E-state index in [2.05, 4.69) is 20.6 Å². The van der Waals surface area contributed by atoms with Crippen LogP contribution in [0.1, 0.15) is 6.42 Å². The zero-order valence-corrected chi connectivity index (χ0v) is 8.87. The third kappa shape index (κ3) is 2.94. The van der Waals surface area contributed by atoms with Gasteiger partial charge in [0.05, 0.1) is 6.20 Å². The minimum atomic E-state index is 0.529. The fourth-order valence-electron chi connectivity index (χ4n) is 1.38. The Kier molecular flexibility index (Phi) is 3.32. The van der Waals surface area contributed by atoms with Gasteiger partial charge in [0.2, 0.25) is 0 Å². The number of anilines is 2. The van der Waals surface area contributed by atoms with Gasteiger partial charge in [-0.25, -0.2) is 4.98 Å². The largest absolute Gasteiger partial charge is 0.385 e. The topological polar surface area (TPSA) is 81.6 Å². The molecule has 6 heteroatoms. The highest BCUT2D eigenvalue weighted by molar-refractivity contribution is 5.49. The lowest BCUT2D eigenvalue weighted by Crippen LogP contribution is -2.07. The van der Waals surface area contributed by atoms with Gasteiger partial charge in [-0.1, -0.05) is 5.21 Å². The van der Waals surface area contributed by atoms with Crippen LogP contribution in [0.3, 0.4) is 0 Å². The van der Waals surface area contributed by atoms with Gasteiger partial charge in [-0.2, -0.15) is 0 Å². The van der Waals surface area contributed by atoms with E-state index in [1.807, 2.05) is 23.0 Å². The number of rotatable bonds is 5. The lowest BCUT2D eigenvalue weighted by molar-refractivity contribution is 0.570. The smallest absolute Gasteiger partial charge is 0.125 e. The summed E-state index contributed by atoms with van der Waals surface area (Å²) in [6.45, 7) is 1.72. The number of nitrogens with two attached hydrogens (primary N) is 1. The Bertz CT molecular complexity index is 425. The van der Waals surface area contributed by atoms with Crippen molar-refractivity contribution in [2.75, 3.05) is 17.6 Å². The van der Waals surface area contributed by atoms with Crippen molar-refractivity contribution in [3.8, 4) is 0 Å². The summed E-state index contributed by atoms with van der Waals surface area (Å²) >= 11 is 0. The molecule has 0 aliphatic carbocycles. The Labute approximate surface area is 93.5 Å². The molecule has 0 bridgehead atoms. The number of aromatic nitrogens is 4. The summed E-state index contributed by atoms with van der Waals surface area (Å²) in [5.74, 6) is 0.529. The first kappa shape index (κ1) is 10.4. The van der Waals surface area contributed by atoms with E-state index in [0.29, 0.717) is 5.82 Å². The van der Waals surface area contributed by atoms with Gasteiger partial charge in [0.1, 0.15) is 5.82 Å². The van der Waals surface area contributed by atoms with E-state index in [9.17, 15) is 0 Å². The Hall–Kier alpha value is -2.11. The molecule has 0 aliphatic heterocycles. The zero-order valence-electron chi connectivity index (χ0n) is 8.87. The van der Waals surface area contributed by atoms with Crippen molar-refractivity contribution < 1.29 is 0 Å². The van der Waals surface area contributed by atoms with Gasteiger partial charge in [-0.15, -0.1) is 5.10 Å². The number of aryl methyl sites for hydroxylation is 1. The van der Waals surface area contributed by atoms with Crippen LogP contribution in [0.5, 0.6) is 0 Å². The standard InChI is InChI=1S/C10H14N6/c11-10-8-9(2-4-13-10)12-3-1-6-16-7-5-14-15-16/h2,4-5,7-8H,1,3,6H2,(H3,11,12,13). The lowest BCUT2D eigenvalue weighted by atomic mass is 10.3. The Balaban J connectivity index is 1.72. The molecule has 84 valence electrons. The summed E-state index contributed by atoms with van der Waals surface area (Å²) in [5, 5.41) is 10.9. The van der Waals surface area contributed by atoms with Crippen molar-refractivity contribution in [2.45, 2.75) is 13.0 Å². The number of hydrogen-bond donors (Lipinski definition) is 2. The fourth-order valence-corrected chi connectivity index (χ4v) is 1.38. The van der Waals surface area contributed by atoms with Gasteiger partial charge in [0, 0.05) is 37.2 Å². The predicted octanol–water partition coefficient (Wildman–Crippen LogP) is 0.757. The summed E-state index contributed by atoms with van der Waals surface area (Å²) in [6.07, 6.45) is 6.20. The molecule has 0 radical (unpaired) electrons. The predicted molar refractivity (Wildman–Crippen MR) is 61.8 cm³/mol. The maximum atomic E-state index is 5.57. The van der Waals surface area contributed by atoms with E-state index < -0.39 is 0 Å². The average molecular weight is 218 g/mol. The van der Waals surface area contributed by atoms with E-state index in [4.69, 9.17) is 5.73 Å². The second-order valence-electron chi connectivity index (χ2n) is 3.42. The van der Waals surface area contributed by atoms with E-state index in [1.165, 1.54) is 0 Å². The highest BCUT2D eigenvalue weighted by atomic mass is 15.4. The van der Waals surface area contributed by atoms with Crippen LogP contribution in [0.15, 0.2) is 30.7 Å². The summed E-state index contributed by atoms with van der Waals surface area (Å²) in [7, 11) is 0. The second-order valence-corrected chi connectivity index (χ2v) is 3.42. The maximum Gasteiger partial charge on any atom is 0.125 e. The van der Waals surface area contributed by atoms with Gasteiger partial charge in [0.25, 0.3) is 0 Å². The molecular weight excluding hydrogens is 204 g/mol. The number of pyridine rings is 1. The van der Waals surface area contributed by atoms with Crippen LogP contribution in [0.4, 0.5) is 11.5 Å². The summed E-state index contributed by atoms with van der Waals surface area (Å²) in [4.78, 5) is 3.92. The fraction of sp³-hybridized carbons (Fsp3) is 0.300. The Morgan fingerprint density at radius 3 is 3.06 bits per heavy atom. The Morgan fingerprint density at radius 2 is 2.31 bits per heavy atom. The minimum absolute atomic E-state index is 0.529. The number of nitrogen functional groups attached to an aromatic ring is 1. The first-order valence-electron chi connectivity index (χ1n) is 5.14. The van der Waals surface area contributed by atoms with E-state index >= 15 is 0 Å². The zero-order chi connectivity index (χ0) is 11.2. The van der Waals surface area contributed by atoms with E-state index in [1.54, 1.807) is 12.4 Å². The van der Waals surface area contributed by atoms with Crippen molar-refractivity contribution in [2.24, 2.45) is 0 Å². The Morgan fingerprint density at radius 1 is 1.38 bits per heavy atom. The molecule has 0 saturated heterocycles. The molecule has 2 aromatic rings. The molecule has 0 aliphatic rings. The minimum Gasteiger partial charge on any atom is -0.385 e. The summed E-state index contributed by atoms with van der Waals surface area (Å²) in [5.41, 5.74) is 6.56. The maximum absolute atomic E-state index is 5.57. The molecule has 0 amide bonds. The monoisotopic (exact) mass is 218 g/mol. The molecule has 0 spiro atoms. The molecule has 0 atom stereocenters. The van der Waals surface area contributed by atoms with Gasteiger partial charge in [0.15, 0.2) is 0 Å². The molecular formula is C10H14N6. The average Bonchev–Trinajstić information content (AvgIpc) is 2.77. The van der Waals surface area contributed by atoms with Crippen LogP contribution in [0.2, 0.25) is 0 Å². The molecule has 0 saturated carbocycles. The highest BCUT2D eigenvalue weighted by Gasteiger charge is 1.94. The van der Waals surface area contributed by atoms with Crippen molar-refractivity contribution in [1.29, 1.82) is 0 Å². The van der Waals surface area contributed by atoms with Crippen molar-refractivity contribution in [1.82, 2.24) is 20.0 Å². The molecule has 0 fully saturated rings. The third-order valence-corrected chi connectivity index (χ3v) is 2.15. The lowest BCUT2D eigenvalue weighted by Gasteiger charge is -2.06. The summed E-state index contributed by atoms with van der Waals surface area (Å²) in [6, 6.07) is 3.71. The van der Waals surface area contributed by atoms with Crippen LogP contribution in [0.25, 0.3) is 0 Å². The normalized spacial score (nSPS) is 10.2. The first-order valence-corrected chi connectivity index (χ1v) is 5.14. The first-order chi connectivity index (χ1) is 7.84. The highest BCUT2D eigenvalue weighted by Crippen LogP contribution is 2.08. The molecule has 6 nitrogen and oxygen atoms in total. The molecule has 0 unspecified atom stereocenters. The quantitative estimate of drug-likeness (QED) is 0.724. The molecule has 2 aromatic heterocycles. The van der Waals surface area contributed by atoms with E-state index in [-0.39, 0.29) is 0 Å². The molecule has 2 rings (SSSR count). The van der Waals surface area contributed by atoms with Crippen LogP contribution >= 0.6 is 0 Å². The second kappa shape index (κ2) is 5.11. The van der Waals surface area contributed by atoms with Gasteiger partial charge in [-0.05, 0) is 12.5 Å². The van der Waals surface area contributed by atoms with Gasteiger partial charge >= 0.3 is 0 Å². The SMILES string of the molecule is Nc1cc(NCCCn2ccnn2)ccn1. The third-order valence-electron chi connectivity index (χ3n) is 2.15. The van der Waals surface area contributed by atoms with Crippen molar-refractivity contribution >= 4 is 11.5 Å². The van der Waals surface area contributed by atoms with Crippen LogP contribution < -0.4 is 11.1 Å². The van der Waals surface area contributed by atoms with E-state index in [0.717, 1.165) is 25.2 Å². The number of nitrogens with zero attached hydrogens (tertiary/aromatic N) is 4. The summed E-state index contributed by atoms with van der Waals surface area (Å²) < 4.78 is 1.81. The number of nitrogens with one attached hydrogen (secondary N) is 1. The van der Waals surface area contributed by atoms with Crippen LogP contribution in [0, 0.1) is 0 Å². The molecule has 16 heavy (non-hydrogen) atoms. The van der Waals surface area contributed by atoms with Crippen molar-refractivity contribution in [3.05, 3.63) is 30.7 Å². The van der Waals surface area contributed by atoms with Crippen molar-refractivity contribution in [3.63, 3.8) is 0 Å². The van der Waals surface area contributed by atoms with Gasteiger partial charge in [-0.3, -0.25) is 4.68 Å². The van der Waals surface area contributed by atoms with Gasteiger partial charge < -0.3 is 11.1 Å². The van der Waals surface area contributed by atoms with Crippen LogP contribution in [-0.2, 0) is 6.54 Å². The molecule has 3 N–H and O–H groups in total. The molecule has 0 aromatic carbocycles. The van der Waals surface area contributed by atoms with Crippen LogP contribution in [-0.4, -0.2) is 26.5 Å². The molecule has 2 heterocycles.